The summed E-state index contributed by atoms with van der Waals surface area (Å²) in [5, 5.41) is 3.11. The van der Waals surface area contributed by atoms with E-state index in [-0.39, 0.29) is 10.7 Å². The quantitative estimate of drug-likeness (QED) is 0.792. The molecule has 16 heavy (non-hydrogen) atoms. The fourth-order valence-electron chi connectivity index (χ4n) is 2.04. The van der Waals surface area contributed by atoms with Crippen molar-refractivity contribution in [3.05, 3.63) is 0 Å². The lowest BCUT2D eigenvalue weighted by Crippen LogP contribution is -2.41. The van der Waals surface area contributed by atoms with Gasteiger partial charge in [-0.15, -0.1) is 11.8 Å². The third-order valence-electron chi connectivity index (χ3n) is 2.94. The van der Waals surface area contributed by atoms with Gasteiger partial charge in [-0.05, 0) is 25.3 Å². The van der Waals surface area contributed by atoms with Crippen LogP contribution in [0, 0.1) is 5.92 Å². The van der Waals surface area contributed by atoms with Gasteiger partial charge < -0.3 is 11.1 Å². The maximum Gasteiger partial charge on any atom is 0.230 e. The van der Waals surface area contributed by atoms with Crippen LogP contribution in [-0.2, 0) is 4.79 Å². The Morgan fingerprint density at radius 3 is 2.69 bits per heavy atom. The van der Waals surface area contributed by atoms with Gasteiger partial charge in [0.15, 0.2) is 0 Å². The standard InChI is InChI=1S/C12H24N2OS/c1-12(2,3)16-8-11(15)14-10-6-4-5-9(10)7-13/h9-10H,4-8,13H2,1-3H3,(H,14,15). The van der Waals surface area contributed by atoms with Crippen molar-refractivity contribution in [3.8, 4) is 0 Å². The molecule has 4 heteroatoms. The van der Waals surface area contributed by atoms with Crippen LogP contribution >= 0.6 is 11.8 Å². The molecule has 1 rings (SSSR count). The summed E-state index contributed by atoms with van der Waals surface area (Å²) in [6.07, 6.45) is 3.45. The molecule has 2 atom stereocenters. The first-order chi connectivity index (χ1) is 7.42. The summed E-state index contributed by atoms with van der Waals surface area (Å²) >= 11 is 1.69. The molecule has 0 bridgehead atoms. The summed E-state index contributed by atoms with van der Waals surface area (Å²) in [5.41, 5.74) is 5.69. The van der Waals surface area contributed by atoms with Crippen molar-refractivity contribution in [2.45, 2.75) is 50.8 Å². The second-order valence-electron chi connectivity index (χ2n) is 5.50. The molecule has 0 aromatic carbocycles. The van der Waals surface area contributed by atoms with Crippen LogP contribution in [0.5, 0.6) is 0 Å². The number of hydrogen-bond acceptors (Lipinski definition) is 3. The van der Waals surface area contributed by atoms with E-state index in [9.17, 15) is 4.79 Å². The third kappa shape index (κ3) is 4.74. The molecular weight excluding hydrogens is 220 g/mol. The Kier molecular flexibility index (Phi) is 5.12. The van der Waals surface area contributed by atoms with E-state index in [0.29, 0.717) is 24.3 Å². The number of hydrogen-bond donors (Lipinski definition) is 2. The predicted molar refractivity (Wildman–Crippen MR) is 70.5 cm³/mol. The summed E-state index contributed by atoms with van der Waals surface area (Å²) in [6, 6.07) is 0.318. The van der Waals surface area contributed by atoms with Crippen LogP contribution in [0.15, 0.2) is 0 Å². The average molecular weight is 244 g/mol. The van der Waals surface area contributed by atoms with E-state index in [1.807, 2.05) is 0 Å². The zero-order chi connectivity index (χ0) is 12.2. The zero-order valence-electron chi connectivity index (χ0n) is 10.6. The fourth-order valence-corrected chi connectivity index (χ4v) is 2.69. The maximum atomic E-state index is 11.7. The van der Waals surface area contributed by atoms with Gasteiger partial charge in [0.2, 0.25) is 5.91 Å². The molecule has 0 heterocycles. The first-order valence-electron chi connectivity index (χ1n) is 6.06. The second kappa shape index (κ2) is 5.92. The summed E-state index contributed by atoms with van der Waals surface area (Å²) in [7, 11) is 0. The van der Waals surface area contributed by atoms with Crippen LogP contribution < -0.4 is 11.1 Å². The second-order valence-corrected chi connectivity index (χ2v) is 7.30. The molecule has 1 fully saturated rings. The minimum atomic E-state index is 0.153. The molecular formula is C12H24N2OS. The molecule has 1 aliphatic rings. The molecule has 1 aliphatic carbocycles. The largest absolute Gasteiger partial charge is 0.352 e. The molecule has 0 aromatic rings. The molecule has 0 radical (unpaired) electrons. The fraction of sp³-hybridized carbons (Fsp3) is 0.917. The van der Waals surface area contributed by atoms with Crippen LogP contribution in [-0.4, -0.2) is 29.0 Å². The van der Waals surface area contributed by atoms with Gasteiger partial charge in [0.25, 0.3) is 0 Å². The van der Waals surface area contributed by atoms with Crippen LogP contribution in [0.4, 0.5) is 0 Å². The van der Waals surface area contributed by atoms with Gasteiger partial charge in [0.1, 0.15) is 0 Å². The smallest absolute Gasteiger partial charge is 0.230 e. The van der Waals surface area contributed by atoms with E-state index in [2.05, 4.69) is 26.1 Å². The first kappa shape index (κ1) is 13.8. The topological polar surface area (TPSA) is 55.1 Å². The van der Waals surface area contributed by atoms with E-state index < -0.39 is 0 Å². The van der Waals surface area contributed by atoms with E-state index in [1.165, 1.54) is 6.42 Å². The number of nitrogens with one attached hydrogen (secondary N) is 1. The zero-order valence-corrected chi connectivity index (χ0v) is 11.4. The van der Waals surface area contributed by atoms with Gasteiger partial charge in [-0.1, -0.05) is 27.2 Å². The normalized spacial score (nSPS) is 25.8. The number of carbonyl (C=O) groups is 1. The molecule has 0 spiro atoms. The van der Waals surface area contributed by atoms with E-state index in [0.717, 1.165) is 12.8 Å². The van der Waals surface area contributed by atoms with Crippen molar-refractivity contribution in [2.24, 2.45) is 11.7 Å². The molecule has 3 N–H and O–H groups in total. The molecule has 0 aromatic heterocycles. The molecule has 0 saturated heterocycles. The SMILES string of the molecule is CC(C)(C)SCC(=O)NC1CCCC1CN. The van der Waals surface area contributed by atoms with E-state index in [4.69, 9.17) is 5.73 Å². The predicted octanol–water partition coefficient (Wildman–Crippen LogP) is 1.76. The minimum Gasteiger partial charge on any atom is -0.352 e. The molecule has 1 amide bonds. The van der Waals surface area contributed by atoms with Crippen LogP contribution in [0.2, 0.25) is 0 Å². The van der Waals surface area contributed by atoms with Crippen LogP contribution in [0.3, 0.4) is 0 Å². The number of amides is 1. The van der Waals surface area contributed by atoms with E-state index >= 15 is 0 Å². The van der Waals surface area contributed by atoms with Crippen molar-refractivity contribution in [3.63, 3.8) is 0 Å². The Labute approximate surface area is 103 Å². The Balaban J connectivity index is 2.28. The number of carbonyl (C=O) groups excluding carboxylic acids is 1. The molecule has 94 valence electrons. The summed E-state index contributed by atoms with van der Waals surface area (Å²) < 4.78 is 0.153. The highest BCUT2D eigenvalue weighted by atomic mass is 32.2. The molecule has 2 unspecified atom stereocenters. The first-order valence-corrected chi connectivity index (χ1v) is 7.04. The van der Waals surface area contributed by atoms with Crippen molar-refractivity contribution in [1.29, 1.82) is 0 Å². The highest BCUT2D eigenvalue weighted by Gasteiger charge is 2.27. The monoisotopic (exact) mass is 244 g/mol. The Hall–Kier alpha value is -0.220. The summed E-state index contributed by atoms with van der Waals surface area (Å²) in [5.74, 6) is 1.20. The lowest BCUT2D eigenvalue weighted by Gasteiger charge is -2.21. The average Bonchev–Trinajstić information content (AvgIpc) is 2.61. The summed E-state index contributed by atoms with van der Waals surface area (Å²) in [4.78, 5) is 11.7. The molecule has 0 aliphatic heterocycles. The Morgan fingerprint density at radius 2 is 2.12 bits per heavy atom. The maximum absolute atomic E-state index is 11.7. The number of thioether (sulfide) groups is 1. The van der Waals surface area contributed by atoms with Crippen molar-refractivity contribution >= 4 is 17.7 Å². The van der Waals surface area contributed by atoms with Crippen molar-refractivity contribution < 1.29 is 4.79 Å². The number of rotatable bonds is 4. The van der Waals surface area contributed by atoms with Crippen molar-refractivity contribution in [1.82, 2.24) is 5.32 Å². The molecule has 1 saturated carbocycles. The van der Waals surface area contributed by atoms with E-state index in [1.54, 1.807) is 11.8 Å². The van der Waals surface area contributed by atoms with Crippen LogP contribution in [0.1, 0.15) is 40.0 Å². The molecule has 3 nitrogen and oxygen atoms in total. The van der Waals surface area contributed by atoms with Crippen LogP contribution in [0.25, 0.3) is 0 Å². The summed E-state index contributed by atoms with van der Waals surface area (Å²) in [6.45, 7) is 7.08. The lowest BCUT2D eigenvalue weighted by molar-refractivity contribution is -0.119. The Bertz CT molecular complexity index is 238. The highest BCUT2D eigenvalue weighted by molar-refractivity contribution is 8.01. The van der Waals surface area contributed by atoms with Crippen molar-refractivity contribution in [2.75, 3.05) is 12.3 Å². The van der Waals surface area contributed by atoms with Gasteiger partial charge in [-0.25, -0.2) is 0 Å². The minimum absolute atomic E-state index is 0.153. The third-order valence-corrected chi connectivity index (χ3v) is 4.22. The Morgan fingerprint density at radius 1 is 1.44 bits per heavy atom. The van der Waals surface area contributed by atoms with Gasteiger partial charge >= 0.3 is 0 Å². The number of nitrogens with two attached hydrogens (primary N) is 1. The van der Waals surface area contributed by atoms with Gasteiger partial charge in [0.05, 0.1) is 5.75 Å². The lowest BCUT2D eigenvalue weighted by atomic mass is 10.0. The highest BCUT2D eigenvalue weighted by Crippen LogP contribution is 2.26. The van der Waals surface area contributed by atoms with Gasteiger partial charge in [0, 0.05) is 10.8 Å². The van der Waals surface area contributed by atoms with Gasteiger partial charge in [-0.2, -0.15) is 0 Å². The van der Waals surface area contributed by atoms with Gasteiger partial charge in [-0.3, -0.25) is 4.79 Å².